The number of nitrogens with two attached hydrogens (primary N) is 1. The minimum absolute atomic E-state index is 0.186. The molecule has 0 spiro atoms. The number of nitrogens with zero attached hydrogens (tertiary/aromatic N) is 2. The zero-order valence-corrected chi connectivity index (χ0v) is 11.3. The van der Waals surface area contributed by atoms with Gasteiger partial charge in [-0.3, -0.25) is 0 Å². The standard InChI is InChI=1S/C9H6Br2FN3O/c1-3-6(12)8(13)15-9(14-3)5-2-4(10)7(11)16-5/h2H,1H3,(H2,13,14,15). The first-order valence-electron chi connectivity index (χ1n) is 4.24. The molecule has 0 saturated carbocycles. The van der Waals surface area contributed by atoms with Crippen molar-refractivity contribution in [2.75, 3.05) is 5.73 Å². The van der Waals surface area contributed by atoms with E-state index in [2.05, 4.69) is 41.8 Å². The number of hydrogen-bond donors (Lipinski definition) is 1. The topological polar surface area (TPSA) is 64.9 Å². The highest BCUT2D eigenvalue weighted by Gasteiger charge is 2.14. The van der Waals surface area contributed by atoms with Crippen LogP contribution in [0.5, 0.6) is 0 Å². The molecule has 0 radical (unpaired) electrons. The summed E-state index contributed by atoms with van der Waals surface area (Å²) in [5.74, 6) is -0.129. The SMILES string of the molecule is Cc1nc(-c2cc(Br)c(Br)o2)nc(N)c1F. The third-order valence-corrected chi connectivity index (χ3v) is 3.62. The molecule has 2 aromatic rings. The van der Waals surface area contributed by atoms with Gasteiger partial charge < -0.3 is 10.2 Å². The fourth-order valence-electron chi connectivity index (χ4n) is 1.15. The maximum Gasteiger partial charge on any atom is 0.198 e. The van der Waals surface area contributed by atoms with Gasteiger partial charge in [-0.25, -0.2) is 14.4 Å². The molecule has 4 nitrogen and oxygen atoms in total. The summed E-state index contributed by atoms with van der Waals surface area (Å²) < 4.78 is 19.8. The Balaban J connectivity index is 2.56. The molecule has 0 atom stereocenters. The van der Waals surface area contributed by atoms with Gasteiger partial charge in [0.05, 0.1) is 10.2 Å². The molecule has 2 heterocycles. The van der Waals surface area contributed by atoms with Crippen molar-refractivity contribution in [2.45, 2.75) is 6.92 Å². The second-order valence-electron chi connectivity index (χ2n) is 3.06. The van der Waals surface area contributed by atoms with E-state index >= 15 is 0 Å². The highest BCUT2D eigenvalue weighted by molar-refractivity contribution is 9.13. The number of halogens is 3. The lowest BCUT2D eigenvalue weighted by atomic mass is 10.3. The Morgan fingerprint density at radius 3 is 2.56 bits per heavy atom. The van der Waals surface area contributed by atoms with Crippen molar-refractivity contribution < 1.29 is 8.81 Å². The minimum Gasteiger partial charge on any atom is -0.445 e. The molecule has 0 amide bonds. The van der Waals surface area contributed by atoms with Gasteiger partial charge >= 0.3 is 0 Å². The van der Waals surface area contributed by atoms with Crippen molar-refractivity contribution in [2.24, 2.45) is 0 Å². The van der Waals surface area contributed by atoms with Crippen molar-refractivity contribution in [1.82, 2.24) is 9.97 Å². The molecular weight excluding hydrogens is 345 g/mol. The van der Waals surface area contributed by atoms with Crippen LogP contribution in [0.4, 0.5) is 10.2 Å². The first-order chi connectivity index (χ1) is 7.49. The van der Waals surface area contributed by atoms with Crippen molar-refractivity contribution in [1.29, 1.82) is 0 Å². The maximum atomic E-state index is 13.2. The molecule has 2 N–H and O–H groups in total. The molecule has 0 aliphatic heterocycles. The first kappa shape index (κ1) is 11.5. The Morgan fingerprint density at radius 1 is 1.38 bits per heavy atom. The maximum absolute atomic E-state index is 13.2. The third kappa shape index (κ3) is 1.97. The predicted molar refractivity (Wildman–Crippen MR) is 64.2 cm³/mol. The van der Waals surface area contributed by atoms with Crippen LogP contribution in [-0.4, -0.2) is 9.97 Å². The van der Waals surface area contributed by atoms with Gasteiger partial charge in [-0.2, -0.15) is 0 Å². The number of anilines is 1. The summed E-state index contributed by atoms with van der Waals surface area (Å²) in [7, 11) is 0. The molecular formula is C9H6Br2FN3O. The van der Waals surface area contributed by atoms with Gasteiger partial charge in [0.1, 0.15) is 0 Å². The summed E-state index contributed by atoms with van der Waals surface area (Å²) in [5.41, 5.74) is 5.60. The molecule has 0 aromatic carbocycles. The predicted octanol–water partition coefficient (Wildman–Crippen LogP) is 3.29. The van der Waals surface area contributed by atoms with E-state index in [9.17, 15) is 4.39 Å². The Bertz CT molecular complexity index is 513. The highest BCUT2D eigenvalue weighted by Crippen LogP contribution is 2.31. The van der Waals surface area contributed by atoms with Gasteiger partial charge in [-0.15, -0.1) is 0 Å². The molecule has 84 valence electrons. The normalized spacial score (nSPS) is 10.8. The summed E-state index contributed by atoms with van der Waals surface area (Å²) in [6.45, 7) is 1.52. The van der Waals surface area contributed by atoms with Crippen molar-refractivity contribution in [3.8, 4) is 11.6 Å². The van der Waals surface area contributed by atoms with Crippen LogP contribution in [0.15, 0.2) is 19.6 Å². The van der Waals surface area contributed by atoms with Crippen LogP contribution in [0.2, 0.25) is 0 Å². The molecule has 16 heavy (non-hydrogen) atoms. The van der Waals surface area contributed by atoms with E-state index in [1.807, 2.05) is 0 Å². The largest absolute Gasteiger partial charge is 0.445 e. The van der Waals surface area contributed by atoms with E-state index in [4.69, 9.17) is 10.2 Å². The number of aromatic nitrogens is 2. The second kappa shape index (κ2) is 4.14. The summed E-state index contributed by atoms with van der Waals surface area (Å²) in [5, 5.41) is 0. The van der Waals surface area contributed by atoms with Crippen LogP contribution in [0.3, 0.4) is 0 Å². The number of hydrogen-bond acceptors (Lipinski definition) is 4. The van der Waals surface area contributed by atoms with Gasteiger partial charge in [0.25, 0.3) is 0 Å². The fraction of sp³-hybridized carbons (Fsp3) is 0.111. The number of rotatable bonds is 1. The van der Waals surface area contributed by atoms with Crippen LogP contribution >= 0.6 is 31.9 Å². The Labute approximate surface area is 107 Å². The van der Waals surface area contributed by atoms with Crippen LogP contribution in [-0.2, 0) is 0 Å². The highest BCUT2D eigenvalue weighted by atomic mass is 79.9. The van der Waals surface area contributed by atoms with Crippen LogP contribution < -0.4 is 5.73 Å². The summed E-state index contributed by atoms with van der Waals surface area (Å²) in [6.07, 6.45) is 0. The first-order valence-corrected chi connectivity index (χ1v) is 5.82. The molecule has 0 unspecified atom stereocenters. The summed E-state index contributed by atoms with van der Waals surface area (Å²) >= 11 is 6.45. The van der Waals surface area contributed by atoms with E-state index in [0.29, 0.717) is 10.4 Å². The zero-order chi connectivity index (χ0) is 11.9. The van der Waals surface area contributed by atoms with Gasteiger partial charge in [-0.05, 0) is 38.8 Å². The molecule has 0 aliphatic rings. The van der Waals surface area contributed by atoms with Gasteiger partial charge in [0.2, 0.25) is 0 Å². The van der Waals surface area contributed by atoms with Crippen molar-refractivity contribution >= 4 is 37.7 Å². The number of furan rings is 1. The Kier molecular flexibility index (Phi) is 2.98. The third-order valence-electron chi connectivity index (χ3n) is 1.91. The monoisotopic (exact) mass is 349 g/mol. The lowest BCUT2D eigenvalue weighted by Crippen LogP contribution is -2.02. The molecule has 0 saturated heterocycles. The lowest BCUT2D eigenvalue weighted by molar-refractivity contribution is 0.547. The molecule has 7 heteroatoms. The Hall–Kier alpha value is -0.950. The number of aryl methyl sites for hydroxylation is 1. The van der Waals surface area contributed by atoms with E-state index < -0.39 is 5.82 Å². The van der Waals surface area contributed by atoms with Gasteiger partial charge in [-0.1, -0.05) is 0 Å². The quantitative estimate of drug-likeness (QED) is 0.857. The van der Waals surface area contributed by atoms with E-state index in [-0.39, 0.29) is 17.3 Å². The Morgan fingerprint density at radius 2 is 2.06 bits per heavy atom. The minimum atomic E-state index is -0.603. The van der Waals surface area contributed by atoms with Crippen LogP contribution in [0.1, 0.15) is 5.69 Å². The van der Waals surface area contributed by atoms with Crippen LogP contribution in [0, 0.1) is 12.7 Å². The average Bonchev–Trinajstić information content (AvgIpc) is 2.55. The lowest BCUT2D eigenvalue weighted by Gasteiger charge is -2.01. The molecule has 2 rings (SSSR count). The summed E-state index contributed by atoms with van der Waals surface area (Å²) in [4.78, 5) is 7.77. The average molecular weight is 351 g/mol. The molecule has 0 aliphatic carbocycles. The van der Waals surface area contributed by atoms with Gasteiger partial charge in [0, 0.05) is 6.07 Å². The van der Waals surface area contributed by atoms with Crippen LogP contribution in [0.25, 0.3) is 11.6 Å². The molecule has 0 bridgehead atoms. The van der Waals surface area contributed by atoms with E-state index in [1.54, 1.807) is 6.07 Å². The molecule has 2 aromatic heterocycles. The van der Waals surface area contributed by atoms with E-state index in [1.165, 1.54) is 6.92 Å². The number of nitrogen functional groups attached to an aromatic ring is 1. The van der Waals surface area contributed by atoms with Crippen molar-refractivity contribution in [3.63, 3.8) is 0 Å². The van der Waals surface area contributed by atoms with Gasteiger partial charge in [0.15, 0.2) is 27.9 Å². The zero-order valence-electron chi connectivity index (χ0n) is 8.09. The smallest absolute Gasteiger partial charge is 0.198 e. The fourth-order valence-corrected chi connectivity index (χ4v) is 1.73. The summed E-state index contributed by atoms with van der Waals surface area (Å²) in [6, 6.07) is 1.68. The van der Waals surface area contributed by atoms with Crippen molar-refractivity contribution in [3.05, 3.63) is 26.7 Å². The second-order valence-corrected chi connectivity index (χ2v) is 4.64. The molecule has 0 fully saturated rings. The van der Waals surface area contributed by atoms with E-state index in [0.717, 1.165) is 4.47 Å².